The van der Waals surface area contributed by atoms with Gasteiger partial charge in [-0.1, -0.05) is 11.6 Å². The smallest absolute Gasteiger partial charge is 0.270 e. The van der Waals surface area contributed by atoms with E-state index in [-0.39, 0.29) is 34.1 Å². The molecule has 28 heavy (non-hydrogen) atoms. The number of nitrogens with one attached hydrogen (secondary N) is 2. The molecule has 5 nitrogen and oxygen atoms in total. The van der Waals surface area contributed by atoms with Gasteiger partial charge in [0, 0.05) is 28.3 Å². The van der Waals surface area contributed by atoms with Crippen molar-refractivity contribution in [2.24, 2.45) is 5.41 Å². The zero-order valence-electron chi connectivity index (χ0n) is 15.1. The summed E-state index contributed by atoms with van der Waals surface area (Å²) in [5.41, 5.74) is 0.506. The Bertz CT molecular complexity index is 950. The molecule has 4 saturated carbocycles. The third-order valence-electron chi connectivity index (χ3n) is 6.59. The predicted molar refractivity (Wildman–Crippen MR) is 102 cm³/mol. The molecule has 2 bridgehead atoms. The number of carbonyl (C=O) groups is 2. The van der Waals surface area contributed by atoms with Crippen LogP contribution in [0.15, 0.2) is 42.6 Å². The van der Waals surface area contributed by atoms with Gasteiger partial charge in [0.1, 0.15) is 11.5 Å². The van der Waals surface area contributed by atoms with E-state index in [0.29, 0.717) is 16.3 Å². The predicted octanol–water partition coefficient (Wildman–Crippen LogP) is 3.49. The minimum atomic E-state index is -0.357. The monoisotopic (exact) mass is 399 g/mol. The van der Waals surface area contributed by atoms with E-state index in [0.717, 1.165) is 32.1 Å². The zero-order valence-corrected chi connectivity index (χ0v) is 15.9. The van der Waals surface area contributed by atoms with Gasteiger partial charge in [-0.2, -0.15) is 0 Å². The highest BCUT2D eigenvalue weighted by Crippen LogP contribution is 2.76. The number of hydrogen-bond donors (Lipinski definition) is 2. The molecule has 2 amide bonds. The second-order valence-electron chi connectivity index (χ2n) is 8.45. The van der Waals surface area contributed by atoms with Crippen molar-refractivity contribution in [1.82, 2.24) is 15.6 Å². The average Bonchev–Trinajstić information content (AvgIpc) is 3.38. The molecule has 4 aliphatic rings. The van der Waals surface area contributed by atoms with Gasteiger partial charge >= 0.3 is 0 Å². The molecule has 0 radical (unpaired) electrons. The van der Waals surface area contributed by atoms with E-state index < -0.39 is 0 Å². The number of halogens is 2. The maximum Gasteiger partial charge on any atom is 0.270 e. The maximum atomic E-state index is 13.1. The van der Waals surface area contributed by atoms with Gasteiger partial charge < -0.3 is 10.6 Å². The highest BCUT2D eigenvalue weighted by atomic mass is 35.5. The Hall–Kier alpha value is -2.47. The number of rotatable bonds is 5. The van der Waals surface area contributed by atoms with E-state index in [1.54, 1.807) is 12.1 Å². The van der Waals surface area contributed by atoms with Crippen molar-refractivity contribution in [2.75, 3.05) is 0 Å². The Balaban J connectivity index is 1.22. The van der Waals surface area contributed by atoms with Crippen molar-refractivity contribution in [3.63, 3.8) is 0 Å². The molecule has 0 saturated heterocycles. The Morgan fingerprint density at radius 1 is 0.964 bits per heavy atom. The van der Waals surface area contributed by atoms with Crippen LogP contribution in [0, 0.1) is 11.2 Å². The van der Waals surface area contributed by atoms with Crippen LogP contribution in [-0.2, 0) is 0 Å². The number of nitrogens with zero attached hydrogens (tertiary/aromatic N) is 1. The van der Waals surface area contributed by atoms with Crippen LogP contribution >= 0.6 is 11.6 Å². The normalized spacial score (nSPS) is 28.5. The lowest BCUT2D eigenvalue weighted by Gasteiger charge is -2.73. The van der Waals surface area contributed by atoms with Crippen LogP contribution in [0.3, 0.4) is 0 Å². The molecule has 0 unspecified atom stereocenters. The van der Waals surface area contributed by atoms with E-state index >= 15 is 0 Å². The summed E-state index contributed by atoms with van der Waals surface area (Å²) in [7, 11) is 0. The first-order valence-electron chi connectivity index (χ1n) is 9.37. The highest BCUT2D eigenvalue weighted by molar-refractivity contribution is 6.30. The molecule has 1 aromatic carbocycles. The van der Waals surface area contributed by atoms with Crippen molar-refractivity contribution < 1.29 is 14.0 Å². The van der Waals surface area contributed by atoms with E-state index in [9.17, 15) is 14.0 Å². The van der Waals surface area contributed by atoms with E-state index in [4.69, 9.17) is 11.6 Å². The zero-order chi connectivity index (χ0) is 19.6. The van der Waals surface area contributed by atoms with Crippen LogP contribution in [0.4, 0.5) is 4.39 Å². The van der Waals surface area contributed by atoms with Gasteiger partial charge in [-0.15, -0.1) is 0 Å². The summed E-state index contributed by atoms with van der Waals surface area (Å²) in [6.07, 6.45) is 5.95. The largest absolute Gasteiger partial charge is 0.346 e. The summed E-state index contributed by atoms with van der Waals surface area (Å²) < 4.78 is 13.1. The number of carbonyl (C=O) groups excluding carboxylic acids is 2. The van der Waals surface area contributed by atoms with Gasteiger partial charge in [-0.25, -0.2) is 9.37 Å². The van der Waals surface area contributed by atoms with E-state index in [1.165, 1.54) is 30.5 Å². The van der Waals surface area contributed by atoms with Crippen LogP contribution in [0.25, 0.3) is 0 Å². The Labute approximate surface area is 166 Å². The van der Waals surface area contributed by atoms with Crippen LogP contribution < -0.4 is 10.6 Å². The second-order valence-corrected chi connectivity index (χ2v) is 8.89. The van der Waals surface area contributed by atoms with Crippen LogP contribution in [-0.4, -0.2) is 27.9 Å². The molecule has 144 valence electrons. The van der Waals surface area contributed by atoms with Gasteiger partial charge in [0.2, 0.25) is 0 Å². The fraction of sp³-hybridized carbons (Fsp3) is 0.381. The highest BCUT2D eigenvalue weighted by Gasteiger charge is 2.79. The third kappa shape index (κ3) is 2.62. The SMILES string of the molecule is O=C(NC1(C23CC(NC(=O)c4ccc(Cl)cn4)(C2)C3)CC1)c1ccc(F)cc1. The fourth-order valence-corrected chi connectivity index (χ4v) is 5.16. The van der Waals surface area contributed by atoms with Gasteiger partial charge in [0.05, 0.1) is 5.02 Å². The summed E-state index contributed by atoms with van der Waals surface area (Å²) in [5, 5.41) is 6.80. The minimum Gasteiger partial charge on any atom is -0.346 e. The van der Waals surface area contributed by atoms with Gasteiger partial charge in [-0.3, -0.25) is 9.59 Å². The summed E-state index contributed by atoms with van der Waals surface area (Å²) in [6.45, 7) is 0. The molecular weight excluding hydrogens is 381 g/mol. The maximum absolute atomic E-state index is 13.1. The van der Waals surface area contributed by atoms with Crippen molar-refractivity contribution in [1.29, 1.82) is 0 Å². The lowest BCUT2D eigenvalue weighted by Crippen LogP contribution is -2.80. The molecule has 4 fully saturated rings. The van der Waals surface area contributed by atoms with E-state index in [1.807, 2.05) is 0 Å². The number of amides is 2. The van der Waals surface area contributed by atoms with Crippen molar-refractivity contribution in [3.8, 4) is 0 Å². The lowest BCUT2D eigenvalue weighted by atomic mass is 9.36. The molecule has 7 heteroatoms. The van der Waals surface area contributed by atoms with Crippen molar-refractivity contribution in [3.05, 3.63) is 64.7 Å². The van der Waals surface area contributed by atoms with Crippen LogP contribution in [0.1, 0.15) is 53.0 Å². The molecule has 0 aliphatic heterocycles. The molecule has 0 atom stereocenters. The molecular formula is C21H19ClFN3O2. The van der Waals surface area contributed by atoms with Gasteiger partial charge in [0.15, 0.2) is 0 Å². The number of hydrogen-bond acceptors (Lipinski definition) is 3. The van der Waals surface area contributed by atoms with Crippen molar-refractivity contribution in [2.45, 2.75) is 43.2 Å². The molecule has 2 N–H and O–H groups in total. The first-order chi connectivity index (χ1) is 13.3. The topological polar surface area (TPSA) is 71.1 Å². The lowest BCUT2D eigenvalue weighted by molar-refractivity contribution is -0.175. The second kappa shape index (κ2) is 5.77. The Kier molecular flexibility index (Phi) is 3.63. The van der Waals surface area contributed by atoms with Gasteiger partial charge in [-0.05, 0) is 68.5 Å². The molecule has 6 rings (SSSR count). The third-order valence-corrected chi connectivity index (χ3v) is 6.82. The summed E-state index contributed by atoms with van der Waals surface area (Å²) in [5.74, 6) is -0.708. The first-order valence-corrected chi connectivity index (χ1v) is 9.75. The molecule has 1 heterocycles. The first kappa shape index (κ1) is 17.6. The van der Waals surface area contributed by atoms with Gasteiger partial charge in [0.25, 0.3) is 11.8 Å². The number of aromatic nitrogens is 1. The average molecular weight is 400 g/mol. The number of benzene rings is 1. The molecule has 0 spiro atoms. The summed E-state index contributed by atoms with van der Waals surface area (Å²) in [6, 6.07) is 8.87. The Morgan fingerprint density at radius 2 is 1.64 bits per heavy atom. The summed E-state index contributed by atoms with van der Waals surface area (Å²) >= 11 is 5.82. The molecule has 2 aromatic rings. The Morgan fingerprint density at radius 3 is 2.21 bits per heavy atom. The van der Waals surface area contributed by atoms with Crippen molar-refractivity contribution >= 4 is 23.4 Å². The van der Waals surface area contributed by atoms with Crippen LogP contribution in [0.5, 0.6) is 0 Å². The summed E-state index contributed by atoms with van der Waals surface area (Å²) in [4.78, 5) is 29.1. The standard InChI is InChI=1S/C21H19ClFN3O2/c22-14-3-6-16(24-9-14)18(28)25-20-10-19(11-20,12-20)21(7-8-21)26-17(27)13-1-4-15(23)5-2-13/h1-6,9H,7-8,10-12H2,(H,25,28)(H,26,27). The minimum absolute atomic E-state index is 0.0589. The molecule has 4 aliphatic carbocycles. The van der Waals surface area contributed by atoms with E-state index in [2.05, 4.69) is 15.6 Å². The number of pyridine rings is 1. The quantitative estimate of drug-likeness (QED) is 0.808. The molecule has 1 aromatic heterocycles. The fourth-order valence-electron chi connectivity index (χ4n) is 5.05. The van der Waals surface area contributed by atoms with Crippen LogP contribution in [0.2, 0.25) is 5.02 Å².